The lowest BCUT2D eigenvalue weighted by molar-refractivity contribution is 0.217. The number of phenols is 1. The van der Waals surface area contributed by atoms with Crippen LogP contribution < -0.4 is 10.1 Å². The first-order valence-corrected chi connectivity index (χ1v) is 4.64. The summed E-state index contributed by atoms with van der Waals surface area (Å²) < 4.78 is 5.52. The van der Waals surface area contributed by atoms with Gasteiger partial charge in [-0.2, -0.15) is 0 Å². The average molecular weight is 195 g/mol. The molecule has 0 unspecified atom stereocenters. The smallest absolute Gasteiger partial charge is 0.123 e. The van der Waals surface area contributed by atoms with Crippen LogP contribution >= 0.6 is 0 Å². The Morgan fingerprint density at radius 3 is 2.71 bits per heavy atom. The van der Waals surface area contributed by atoms with Crippen molar-refractivity contribution in [2.24, 2.45) is 0 Å². The molecule has 0 aliphatic heterocycles. The van der Waals surface area contributed by atoms with Gasteiger partial charge in [0.1, 0.15) is 18.1 Å². The second-order valence-corrected chi connectivity index (χ2v) is 3.92. The summed E-state index contributed by atoms with van der Waals surface area (Å²) in [5.41, 5.74) is -0.0640. The van der Waals surface area contributed by atoms with Crippen molar-refractivity contribution in [1.82, 2.24) is 5.32 Å². The Labute approximate surface area is 84.7 Å². The molecule has 0 heterocycles. The van der Waals surface area contributed by atoms with Crippen LogP contribution in [0.3, 0.4) is 0 Å². The first-order chi connectivity index (χ1) is 6.53. The van der Waals surface area contributed by atoms with Crippen molar-refractivity contribution in [2.75, 3.05) is 13.7 Å². The highest BCUT2D eigenvalue weighted by Crippen LogP contribution is 2.18. The van der Waals surface area contributed by atoms with Gasteiger partial charge in [-0.3, -0.25) is 0 Å². The van der Waals surface area contributed by atoms with Crippen LogP contribution in [0, 0.1) is 0 Å². The lowest BCUT2D eigenvalue weighted by Crippen LogP contribution is -2.42. The Morgan fingerprint density at radius 2 is 2.14 bits per heavy atom. The third kappa shape index (κ3) is 3.26. The molecular weight excluding hydrogens is 178 g/mol. The maximum absolute atomic E-state index is 9.20. The van der Waals surface area contributed by atoms with Crippen LogP contribution in [0.5, 0.6) is 11.5 Å². The van der Waals surface area contributed by atoms with Crippen molar-refractivity contribution in [2.45, 2.75) is 19.4 Å². The summed E-state index contributed by atoms with van der Waals surface area (Å²) in [5.74, 6) is 0.915. The molecule has 0 spiro atoms. The molecule has 0 saturated heterocycles. The number of ether oxygens (including phenoxy) is 1. The standard InChI is InChI=1S/C11H17NO2/c1-11(2,12-3)8-14-10-6-4-5-9(13)7-10/h4-7,12-13H,8H2,1-3H3. The molecule has 2 N–H and O–H groups in total. The largest absolute Gasteiger partial charge is 0.508 e. The zero-order chi connectivity index (χ0) is 10.6. The molecule has 1 aromatic rings. The Balaban J connectivity index is 2.54. The van der Waals surface area contributed by atoms with E-state index >= 15 is 0 Å². The maximum atomic E-state index is 9.20. The predicted octanol–water partition coefficient (Wildman–Crippen LogP) is 1.77. The highest BCUT2D eigenvalue weighted by atomic mass is 16.5. The minimum atomic E-state index is -0.0640. The van der Waals surface area contributed by atoms with Gasteiger partial charge in [-0.15, -0.1) is 0 Å². The monoisotopic (exact) mass is 195 g/mol. The van der Waals surface area contributed by atoms with E-state index < -0.39 is 0 Å². The number of phenolic OH excluding ortho intramolecular Hbond substituents is 1. The van der Waals surface area contributed by atoms with Crippen LogP contribution in [-0.4, -0.2) is 24.3 Å². The van der Waals surface area contributed by atoms with E-state index in [1.807, 2.05) is 13.1 Å². The van der Waals surface area contributed by atoms with E-state index in [0.29, 0.717) is 12.4 Å². The Hall–Kier alpha value is -1.22. The minimum Gasteiger partial charge on any atom is -0.508 e. The summed E-state index contributed by atoms with van der Waals surface area (Å²) in [6.45, 7) is 4.67. The van der Waals surface area contributed by atoms with Crippen LogP contribution in [0.2, 0.25) is 0 Å². The first-order valence-electron chi connectivity index (χ1n) is 4.64. The zero-order valence-electron chi connectivity index (χ0n) is 8.87. The third-order valence-electron chi connectivity index (χ3n) is 2.09. The van der Waals surface area contributed by atoms with Gasteiger partial charge in [-0.05, 0) is 33.0 Å². The fourth-order valence-electron chi connectivity index (χ4n) is 0.909. The van der Waals surface area contributed by atoms with Crippen LogP contribution in [-0.2, 0) is 0 Å². The number of aromatic hydroxyl groups is 1. The molecule has 0 saturated carbocycles. The van der Waals surface area contributed by atoms with Gasteiger partial charge in [-0.1, -0.05) is 6.07 Å². The van der Waals surface area contributed by atoms with E-state index in [9.17, 15) is 5.11 Å². The molecule has 1 aromatic carbocycles. The highest BCUT2D eigenvalue weighted by molar-refractivity contribution is 5.31. The van der Waals surface area contributed by atoms with E-state index in [1.54, 1.807) is 18.2 Å². The second-order valence-electron chi connectivity index (χ2n) is 3.92. The molecule has 78 valence electrons. The molecule has 0 amide bonds. The van der Waals surface area contributed by atoms with E-state index in [-0.39, 0.29) is 11.3 Å². The molecule has 3 heteroatoms. The second kappa shape index (κ2) is 4.33. The number of likely N-dealkylation sites (N-methyl/N-ethyl adjacent to an activating group) is 1. The summed E-state index contributed by atoms with van der Waals surface area (Å²) in [4.78, 5) is 0. The fourth-order valence-corrected chi connectivity index (χ4v) is 0.909. The van der Waals surface area contributed by atoms with Gasteiger partial charge < -0.3 is 15.2 Å². The first kappa shape index (κ1) is 10.9. The van der Waals surface area contributed by atoms with Crippen LogP contribution in [0.25, 0.3) is 0 Å². The van der Waals surface area contributed by atoms with Gasteiger partial charge in [0.2, 0.25) is 0 Å². The number of rotatable bonds is 4. The Morgan fingerprint density at radius 1 is 1.43 bits per heavy atom. The van der Waals surface area contributed by atoms with Crippen molar-refractivity contribution in [3.05, 3.63) is 24.3 Å². The van der Waals surface area contributed by atoms with E-state index in [4.69, 9.17) is 4.74 Å². The van der Waals surface area contributed by atoms with Crippen molar-refractivity contribution in [3.8, 4) is 11.5 Å². The molecule has 0 atom stereocenters. The molecule has 0 bridgehead atoms. The Kier molecular flexibility index (Phi) is 3.36. The molecule has 0 aliphatic carbocycles. The number of benzene rings is 1. The van der Waals surface area contributed by atoms with E-state index in [0.717, 1.165) is 0 Å². The Bertz CT molecular complexity index is 297. The van der Waals surface area contributed by atoms with Gasteiger partial charge in [0.25, 0.3) is 0 Å². The molecule has 0 aliphatic rings. The van der Waals surface area contributed by atoms with Crippen LogP contribution in [0.1, 0.15) is 13.8 Å². The van der Waals surface area contributed by atoms with Crippen LogP contribution in [0.15, 0.2) is 24.3 Å². The summed E-state index contributed by atoms with van der Waals surface area (Å²) in [5, 5.41) is 12.3. The van der Waals surface area contributed by atoms with Crippen molar-refractivity contribution in [3.63, 3.8) is 0 Å². The molecule has 0 radical (unpaired) electrons. The van der Waals surface area contributed by atoms with Crippen molar-refractivity contribution in [1.29, 1.82) is 0 Å². The molecule has 14 heavy (non-hydrogen) atoms. The topological polar surface area (TPSA) is 41.5 Å². The normalized spacial score (nSPS) is 11.4. The van der Waals surface area contributed by atoms with E-state index in [2.05, 4.69) is 19.2 Å². The quantitative estimate of drug-likeness (QED) is 0.769. The van der Waals surface area contributed by atoms with Crippen molar-refractivity contribution < 1.29 is 9.84 Å². The maximum Gasteiger partial charge on any atom is 0.123 e. The zero-order valence-corrected chi connectivity index (χ0v) is 8.87. The lowest BCUT2D eigenvalue weighted by Gasteiger charge is -2.23. The minimum absolute atomic E-state index is 0.0640. The van der Waals surface area contributed by atoms with Gasteiger partial charge in [0, 0.05) is 11.6 Å². The number of hydrogen-bond donors (Lipinski definition) is 2. The van der Waals surface area contributed by atoms with Crippen LogP contribution in [0.4, 0.5) is 0 Å². The molecule has 0 aromatic heterocycles. The lowest BCUT2D eigenvalue weighted by atomic mass is 10.1. The summed E-state index contributed by atoms with van der Waals surface area (Å²) in [6, 6.07) is 6.81. The van der Waals surface area contributed by atoms with Gasteiger partial charge in [-0.25, -0.2) is 0 Å². The van der Waals surface area contributed by atoms with Crippen molar-refractivity contribution >= 4 is 0 Å². The molecule has 1 rings (SSSR count). The molecule has 0 fully saturated rings. The number of hydrogen-bond acceptors (Lipinski definition) is 3. The SMILES string of the molecule is CNC(C)(C)COc1cccc(O)c1. The molecule has 3 nitrogen and oxygen atoms in total. The number of nitrogens with one attached hydrogen (secondary N) is 1. The summed E-state index contributed by atoms with van der Waals surface area (Å²) >= 11 is 0. The summed E-state index contributed by atoms with van der Waals surface area (Å²) in [6.07, 6.45) is 0. The van der Waals surface area contributed by atoms with E-state index in [1.165, 1.54) is 0 Å². The average Bonchev–Trinajstić information content (AvgIpc) is 2.15. The summed E-state index contributed by atoms with van der Waals surface area (Å²) in [7, 11) is 1.89. The highest BCUT2D eigenvalue weighted by Gasteiger charge is 2.15. The van der Waals surface area contributed by atoms with Gasteiger partial charge in [0.05, 0.1) is 0 Å². The predicted molar refractivity (Wildman–Crippen MR) is 56.7 cm³/mol. The third-order valence-corrected chi connectivity index (χ3v) is 2.09. The fraction of sp³-hybridized carbons (Fsp3) is 0.455. The van der Waals surface area contributed by atoms with Gasteiger partial charge >= 0.3 is 0 Å². The van der Waals surface area contributed by atoms with Gasteiger partial charge in [0.15, 0.2) is 0 Å². The molecular formula is C11H17NO2.